The predicted molar refractivity (Wildman–Crippen MR) is 68.4 cm³/mol. The summed E-state index contributed by atoms with van der Waals surface area (Å²) in [5.74, 6) is -1.24. The van der Waals surface area contributed by atoms with Crippen molar-refractivity contribution in [2.24, 2.45) is 5.73 Å². The maximum absolute atomic E-state index is 11.5. The van der Waals surface area contributed by atoms with Gasteiger partial charge in [0.25, 0.3) is 0 Å². The minimum absolute atomic E-state index is 0.0718. The van der Waals surface area contributed by atoms with Crippen LogP contribution in [0.15, 0.2) is 18.2 Å². The average Bonchev–Trinajstić information content (AvgIpc) is 2.30. The Morgan fingerprint density at radius 1 is 1.33 bits per heavy atom. The maximum Gasteiger partial charge on any atom is 0.248 e. The maximum atomic E-state index is 11.5. The Hall–Kier alpha value is -1.30. The van der Waals surface area contributed by atoms with Gasteiger partial charge in [-0.05, 0) is 17.7 Å². The van der Waals surface area contributed by atoms with Gasteiger partial charge in [-0.2, -0.15) is 0 Å². The molecule has 18 heavy (non-hydrogen) atoms. The van der Waals surface area contributed by atoms with Crippen molar-refractivity contribution in [3.63, 3.8) is 0 Å². The van der Waals surface area contributed by atoms with Crippen molar-refractivity contribution in [3.8, 4) is 0 Å². The van der Waals surface area contributed by atoms with Crippen LogP contribution in [0, 0.1) is 0 Å². The lowest BCUT2D eigenvalue weighted by molar-refractivity contribution is -0.126. The van der Waals surface area contributed by atoms with Gasteiger partial charge in [0, 0.05) is 0 Å². The van der Waals surface area contributed by atoms with Crippen molar-refractivity contribution in [2.45, 2.75) is 12.5 Å². The number of rotatable bonds is 5. The van der Waals surface area contributed by atoms with E-state index in [2.05, 4.69) is 5.32 Å². The molecule has 1 aromatic carbocycles. The fraction of sp³-hybridized carbons (Fsp3) is 0.273. The van der Waals surface area contributed by atoms with Gasteiger partial charge in [-0.15, -0.1) is 0 Å². The first kappa shape index (κ1) is 14.8. The number of carbonyl (C=O) groups excluding carboxylic acids is 2. The van der Waals surface area contributed by atoms with Crippen molar-refractivity contribution >= 4 is 35.0 Å². The predicted octanol–water partition coefficient (Wildman–Crippen LogP) is 0.498. The number of hydrogen-bond donors (Lipinski definition) is 3. The number of aliphatic hydroxyl groups is 1. The Labute approximate surface area is 114 Å². The Bertz CT molecular complexity index is 466. The molecule has 0 aromatic heterocycles. The molecule has 0 radical (unpaired) electrons. The number of halogens is 2. The van der Waals surface area contributed by atoms with E-state index < -0.39 is 12.0 Å². The molecule has 0 heterocycles. The van der Waals surface area contributed by atoms with E-state index in [1.807, 2.05) is 0 Å². The second-order valence-corrected chi connectivity index (χ2v) is 4.46. The summed E-state index contributed by atoms with van der Waals surface area (Å²) in [4.78, 5) is 22.0. The Morgan fingerprint density at radius 3 is 2.56 bits per heavy atom. The molecular weight excluding hydrogens is 279 g/mol. The van der Waals surface area contributed by atoms with Crippen LogP contribution < -0.4 is 11.1 Å². The van der Waals surface area contributed by atoms with E-state index in [0.29, 0.717) is 15.6 Å². The fourth-order valence-electron chi connectivity index (χ4n) is 1.21. The van der Waals surface area contributed by atoms with E-state index in [-0.39, 0.29) is 18.9 Å². The highest BCUT2D eigenvalue weighted by Crippen LogP contribution is 2.22. The highest BCUT2D eigenvalue weighted by Gasteiger charge is 2.12. The van der Waals surface area contributed by atoms with Crippen molar-refractivity contribution < 1.29 is 14.7 Å². The molecule has 1 aromatic rings. The largest absolute Gasteiger partial charge is 0.381 e. The first-order chi connectivity index (χ1) is 8.40. The number of benzene rings is 1. The molecular formula is C11H12Cl2N2O3. The minimum atomic E-state index is -1.39. The molecule has 0 aliphatic rings. The SMILES string of the molecule is NC(=O)C(O)CNC(=O)Cc1ccc(Cl)c(Cl)c1. The third-order valence-electron chi connectivity index (χ3n) is 2.17. The van der Waals surface area contributed by atoms with Crippen LogP contribution in [0.2, 0.25) is 10.0 Å². The van der Waals surface area contributed by atoms with Crippen molar-refractivity contribution in [2.75, 3.05) is 6.54 Å². The van der Waals surface area contributed by atoms with Gasteiger partial charge in [-0.3, -0.25) is 9.59 Å². The fourth-order valence-corrected chi connectivity index (χ4v) is 1.53. The second kappa shape index (κ2) is 6.58. The summed E-state index contributed by atoms with van der Waals surface area (Å²) in [6, 6.07) is 4.83. The zero-order valence-electron chi connectivity index (χ0n) is 9.32. The van der Waals surface area contributed by atoms with Crippen molar-refractivity contribution in [1.82, 2.24) is 5.32 Å². The lowest BCUT2D eigenvalue weighted by atomic mass is 10.1. The lowest BCUT2D eigenvalue weighted by Gasteiger charge is -2.08. The van der Waals surface area contributed by atoms with Crippen LogP contribution in [0.3, 0.4) is 0 Å². The molecule has 5 nitrogen and oxygen atoms in total. The smallest absolute Gasteiger partial charge is 0.248 e. The van der Waals surface area contributed by atoms with Crippen LogP contribution in [0.4, 0.5) is 0 Å². The van der Waals surface area contributed by atoms with Crippen LogP contribution in [0.1, 0.15) is 5.56 Å². The van der Waals surface area contributed by atoms with Gasteiger partial charge in [0.1, 0.15) is 6.10 Å². The lowest BCUT2D eigenvalue weighted by Crippen LogP contribution is -2.40. The molecule has 7 heteroatoms. The van der Waals surface area contributed by atoms with Gasteiger partial charge in [-0.1, -0.05) is 29.3 Å². The van der Waals surface area contributed by atoms with Gasteiger partial charge in [-0.25, -0.2) is 0 Å². The van der Waals surface area contributed by atoms with Gasteiger partial charge in [0.05, 0.1) is 23.0 Å². The third kappa shape index (κ3) is 4.52. The summed E-state index contributed by atoms with van der Waals surface area (Å²) in [6.07, 6.45) is -1.31. The van der Waals surface area contributed by atoms with Crippen LogP contribution in [0.5, 0.6) is 0 Å². The Kier molecular flexibility index (Phi) is 5.40. The number of amides is 2. The summed E-state index contributed by atoms with van der Waals surface area (Å²) < 4.78 is 0. The monoisotopic (exact) mass is 290 g/mol. The molecule has 2 amide bonds. The van der Waals surface area contributed by atoms with E-state index in [9.17, 15) is 9.59 Å². The Morgan fingerprint density at radius 2 is 2.00 bits per heavy atom. The van der Waals surface area contributed by atoms with Gasteiger partial charge in [0.2, 0.25) is 11.8 Å². The highest BCUT2D eigenvalue weighted by atomic mass is 35.5. The van der Waals surface area contributed by atoms with E-state index in [0.717, 1.165) is 0 Å². The summed E-state index contributed by atoms with van der Waals surface area (Å²) in [7, 11) is 0. The quantitative estimate of drug-likeness (QED) is 0.737. The first-order valence-electron chi connectivity index (χ1n) is 5.08. The van der Waals surface area contributed by atoms with Crippen molar-refractivity contribution in [3.05, 3.63) is 33.8 Å². The van der Waals surface area contributed by atoms with Crippen LogP contribution in [-0.4, -0.2) is 29.6 Å². The zero-order valence-corrected chi connectivity index (χ0v) is 10.8. The molecule has 0 aliphatic heterocycles. The average molecular weight is 291 g/mol. The number of hydrogen-bond acceptors (Lipinski definition) is 3. The summed E-state index contributed by atoms with van der Waals surface area (Å²) in [5.41, 5.74) is 5.52. The van der Waals surface area contributed by atoms with Crippen LogP contribution in [0.25, 0.3) is 0 Å². The van der Waals surface area contributed by atoms with Crippen molar-refractivity contribution in [1.29, 1.82) is 0 Å². The molecule has 0 saturated carbocycles. The molecule has 0 fully saturated rings. The molecule has 4 N–H and O–H groups in total. The van der Waals surface area contributed by atoms with Crippen LogP contribution >= 0.6 is 23.2 Å². The summed E-state index contributed by atoms with van der Waals surface area (Å²) in [5, 5.41) is 12.2. The number of aliphatic hydroxyl groups excluding tert-OH is 1. The van der Waals surface area contributed by atoms with E-state index >= 15 is 0 Å². The molecule has 0 aliphatic carbocycles. The molecule has 0 bridgehead atoms. The summed E-state index contributed by atoms with van der Waals surface area (Å²) >= 11 is 11.5. The molecule has 0 spiro atoms. The number of carbonyl (C=O) groups is 2. The van der Waals surface area contributed by atoms with Gasteiger partial charge >= 0.3 is 0 Å². The Balaban J connectivity index is 2.49. The zero-order chi connectivity index (χ0) is 13.7. The van der Waals surface area contributed by atoms with E-state index in [1.165, 1.54) is 0 Å². The summed E-state index contributed by atoms with van der Waals surface area (Å²) in [6.45, 7) is -0.213. The van der Waals surface area contributed by atoms with E-state index in [1.54, 1.807) is 18.2 Å². The second-order valence-electron chi connectivity index (χ2n) is 3.65. The topological polar surface area (TPSA) is 92.4 Å². The third-order valence-corrected chi connectivity index (χ3v) is 2.91. The standard InChI is InChI=1S/C11H12Cl2N2O3/c12-7-2-1-6(3-8(7)13)4-10(17)15-5-9(16)11(14)18/h1-3,9,16H,4-5H2,(H2,14,18)(H,15,17). The molecule has 1 rings (SSSR count). The number of nitrogens with one attached hydrogen (secondary N) is 1. The number of primary amides is 1. The molecule has 98 valence electrons. The minimum Gasteiger partial charge on any atom is -0.381 e. The molecule has 1 atom stereocenters. The highest BCUT2D eigenvalue weighted by molar-refractivity contribution is 6.42. The van der Waals surface area contributed by atoms with Gasteiger partial charge in [0.15, 0.2) is 0 Å². The molecule has 1 unspecified atom stereocenters. The first-order valence-corrected chi connectivity index (χ1v) is 5.83. The van der Waals surface area contributed by atoms with E-state index in [4.69, 9.17) is 34.0 Å². The van der Waals surface area contributed by atoms with Gasteiger partial charge < -0.3 is 16.2 Å². The number of nitrogens with two attached hydrogens (primary N) is 1. The normalized spacial score (nSPS) is 11.9. The van der Waals surface area contributed by atoms with Crippen LogP contribution in [-0.2, 0) is 16.0 Å². The molecule has 0 saturated heterocycles.